The molecule has 0 aliphatic heterocycles. The maximum absolute atomic E-state index is 5.92. The standard InChI is InChI=1S/C13H18ClN5O2/c1-20-7-8-21-6-2-5-19-13(16-17-18-19)10-3-4-11(14)12(15)9-10/h3-4,9H,2,5-8,15H2,1H3. The van der Waals surface area contributed by atoms with Crippen LogP contribution in [-0.4, -0.2) is 47.1 Å². The fraction of sp³-hybridized carbons (Fsp3) is 0.462. The molecular weight excluding hydrogens is 294 g/mol. The van der Waals surface area contributed by atoms with Crippen LogP contribution in [0.2, 0.25) is 5.02 Å². The lowest BCUT2D eigenvalue weighted by atomic mass is 10.2. The number of nitrogen functional groups attached to an aromatic ring is 1. The third-order valence-corrected chi connectivity index (χ3v) is 3.22. The Morgan fingerprint density at radius 3 is 2.90 bits per heavy atom. The maximum atomic E-state index is 5.92. The summed E-state index contributed by atoms with van der Waals surface area (Å²) in [6.45, 7) is 2.48. The number of methoxy groups -OCH3 is 1. The Morgan fingerprint density at radius 2 is 2.14 bits per heavy atom. The van der Waals surface area contributed by atoms with Crippen LogP contribution < -0.4 is 5.73 Å². The molecule has 1 aromatic carbocycles. The molecule has 0 atom stereocenters. The monoisotopic (exact) mass is 311 g/mol. The van der Waals surface area contributed by atoms with Gasteiger partial charge in [-0.25, -0.2) is 4.68 Å². The summed E-state index contributed by atoms with van der Waals surface area (Å²) in [5.41, 5.74) is 7.14. The molecule has 0 radical (unpaired) electrons. The zero-order valence-electron chi connectivity index (χ0n) is 11.8. The van der Waals surface area contributed by atoms with E-state index >= 15 is 0 Å². The minimum Gasteiger partial charge on any atom is -0.398 e. The first-order chi connectivity index (χ1) is 10.2. The van der Waals surface area contributed by atoms with E-state index in [0.717, 1.165) is 12.0 Å². The SMILES string of the molecule is COCCOCCCn1nnnc1-c1ccc(Cl)c(N)c1. The van der Waals surface area contributed by atoms with Crippen molar-refractivity contribution < 1.29 is 9.47 Å². The summed E-state index contributed by atoms with van der Waals surface area (Å²) in [6.07, 6.45) is 0.810. The van der Waals surface area contributed by atoms with Crippen molar-refractivity contribution >= 4 is 17.3 Å². The van der Waals surface area contributed by atoms with Crippen LogP contribution in [-0.2, 0) is 16.0 Å². The van der Waals surface area contributed by atoms with Crippen molar-refractivity contribution in [2.45, 2.75) is 13.0 Å². The van der Waals surface area contributed by atoms with E-state index in [4.69, 9.17) is 26.8 Å². The van der Waals surface area contributed by atoms with Crippen LogP contribution in [0.25, 0.3) is 11.4 Å². The number of hydrogen-bond donors (Lipinski definition) is 1. The van der Waals surface area contributed by atoms with E-state index in [2.05, 4.69) is 15.5 Å². The molecule has 0 fully saturated rings. The second-order valence-electron chi connectivity index (χ2n) is 4.42. The topological polar surface area (TPSA) is 88.1 Å². The van der Waals surface area contributed by atoms with Gasteiger partial charge >= 0.3 is 0 Å². The number of nitrogens with zero attached hydrogens (tertiary/aromatic N) is 4. The highest BCUT2D eigenvalue weighted by molar-refractivity contribution is 6.33. The Bertz CT molecular complexity index is 575. The van der Waals surface area contributed by atoms with Gasteiger partial charge in [-0.2, -0.15) is 0 Å². The zero-order valence-corrected chi connectivity index (χ0v) is 12.6. The van der Waals surface area contributed by atoms with Gasteiger partial charge in [-0.05, 0) is 35.0 Å². The molecule has 0 unspecified atom stereocenters. The Morgan fingerprint density at radius 1 is 1.29 bits per heavy atom. The minimum absolute atomic E-state index is 0.506. The molecule has 0 saturated carbocycles. The summed E-state index contributed by atoms with van der Waals surface area (Å²) >= 11 is 5.92. The van der Waals surface area contributed by atoms with Crippen molar-refractivity contribution in [3.05, 3.63) is 23.2 Å². The molecule has 114 valence electrons. The first-order valence-corrected chi connectivity index (χ1v) is 6.98. The summed E-state index contributed by atoms with van der Waals surface area (Å²) in [4.78, 5) is 0. The predicted molar refractivity (Wildman–Crippen MR) is 80.0 cm³/mol. The van der Waals surface area contributed by atoms with Gasteiger partial charge in [0.05, 0.1) is 23.9 Å². The highest BCUT2D eigenvalue weighted by Crippen LogP contribution is 2.25. The highest BCUT2D eigenvalue weighted by Gasteiger charge is 2.10. The molecule has 2 rings (SSSR count). The second kappa shape index (κ2) is 7.92. The molecule has 1 aromatic heterocycles. The minimum atomic E-state index is 0.506. The summed E-state index contributed by atoms with van der Waals surface area (Å²) in [5.74, 6) is 0.662. The number of tetrazole rings is 1. The molecule has 1 heterocycles. The van der Waals surface area contributed by atoms with Crippen molar-refractivity contribution in [3.63, 3.8) is 0 Å². The van der Waals surface area contributed by atoms with E-state index < -0.39 is 0 Å². The number of aromatic nitrogens is 4. The number of anilines is 1. The highest BCUT2D eigenvalue weighted by atomic mass is 35.5. The molecule has 0 aliphatic carbocycles. The lowest BCUT2D eigenvalue weighted by Gasteiger charge is -2.07. The van der Waals surface area contributed by atoms with Crippen LogP contribution in [0.1, 0.15) is 6.42 Å². The molecule has 0 saturated heterocycles. The number of benzene rings is 1. The Hall–Kier alpha value is -1.70. The zero-order chi connectivity index (χ0) is 15.1. The number of aryl methyl sites for hydroxylation is 1. The lowest BCUT2D eigenvalue weighted by molar-refractivity contribution is 0.0677. The lowest BCUT2D eigenvalue weighted by Crippen LogP contribution is -2.08. The summed E-state index contributed by atoms with van der Waals surface area (Å²) in [6, 6.07) is 5.34. The first kappa shape index (κ1) is 15.7. The van der Waals surface area contributed by atoms with Crippen LogP contribution in [0.15, 0.2) is 18.2 Å². The van der Waals surface area contributed by atoms with E-state index in [1.807, 2.05) is 6.07 Å². The van der Waals surface area contributed by atoms with Gasteiger partial charge in [0.2, 0.25) is 0 Å². The van der Waals surface area contributed by atoms with Gasteiger partial charge in [-0.1, -0.05) is 11.6 Å². The number of hydrogen-bond acceptors (Lipinski definition) is 6. The maximum Gasteiger partial charge on any atom is 0.182 e. The van der Waals surface area contributed by atoms with Gasteiger partial charge in [0.1, 0.15) is 0 Å². The van der Waals surface area contributed by atoms with Crippen molar-refractivity contribution in [3.8, 4) is 11.4 Å². The molecule has 8 heteroatoms. The van der Waals surface area contributed by atoms with Crippen LogP contribution in [0, 0.1) is 0 Å². The summed E-state index contributed by atoms with van der Waals surface area (Å²) in [5, 5.41) is 12.2. The van der Waals surface area contributed by atoms with Gasteiger partial charge < -0.3 is 15.2 Å². The Kier molecular flexibility index (Phi) is 5.91. The van der Waals surface area contributed by atoms with Crippen LogP contribution in [0.3, 0.4) is 0 Å². The summed E-state index contributed by atoms with van der Waals surface area (Å²) in [7, 11) is 1.65. The van der Waals surface area contributed by atoms with E-state index in [1.165, 1.54) is 0 Å². The smallest absolute Gasteiger partial charge is 0.182 e. The predicted octanol–water partition coefficient (Wildman–Crippen LogP) is 1.63. The fourth-order valence-corrected chi connectivity index (χ4v) is 1.92. The largest absolute Gasteiger partial charge is 0.398 e. The number of nitrogens with two attached hydrogens (primary N) is 1. The van der Waals surface area contributed by atoms with Gasteiger partial charge in [-0.3, -0.25) is 0 Å². The molecule has 7 nitrogen and oxygen atoms in total. The van der Waals surface area contributed by atoms with Crippen molar-refractivity contribution in [2.75, 3.05) is 32.7 Å². The molecule has 2 N–H and O–H groups in total. The number of ether oxygens (including phenoxy) is 2. The Balaban J connectivity index is 1.93. The third kappa shape index (κ3) is 4.38. The molecule has 0 amide bonds. The van der Waals surface area contributed by atoms with Gasteiger partial charge in [0.25, 0.3) is 0 Å². The van der Waals surface area contributed by atoms with Crippen LogP contribution in [0.5, 0.6) is 0 Å². The number of rotatable bonds is 8. The number of halogens is 1. The molecular formula is C13H18ClN5O2. The molecule has 0 spiro atoms. The van der Waals surface area contributed by atoms with Crippen LogP contribution >= 0.6 is 11.6 Å². The normalized spacial score (nSPS) is 11.0. The van der Waals surface area contributed by atoms with E-state index in [-0.39, 0.29) is 0 Å². The average Bonchev–Trinajstić information content (AvgIpc) is 2.94. The molecule has 2 aromatic rings. The van der Waals surface area contributed by atoms with Gasteiger partial charge in [0, 0.05) is 25.8 Å². The van der Waals surface area contributed by atoms with Crippen LogP contribution in [0.4, 0.5) is 5.69 Å². The Labute approximate surface area is 128 Å². The van der Waals surface area contributed by atoms with Crippen molar-refractivity contribution in [2.24, 2.45) is 0 Å². The molecule has 0 aliphatic rings. The van der Waals surface area contributed by atoms with Gasteiger partial charge in [-0.15, -0.1) is 5.10 Å². The fourth-order valence-electron chi connectivity index (χ4n) is 1.81. The quantitative estimate of drug-likeness (QED) is 0.589. The first-order valence-electron chi connectivity index (χ1n) is 6.60. The van der Waals surface area contributed by atoms with E-state index in [0.29, 0.717) is 42.9 Å². The third-order valence-electron chi connectivity index (χ3n) is 2.88. The average molecular weight is 312 g/mol. The molecule has 21 heavy (non-hydrogen) atoms. The molecule has 0 bridgehead atoms. The van der Waals surface area contributed by atoms with Crippen molar-refractivity contribution in [1.82, 2.24) is 20.2 Å². The van der Waals surface area contributed by atoms with Crippen molar-refractivity contribution in [1.29, 1.82) is 0 Å². The summed E-state index contributed by atoms with van der Waals surface area (Å²) < 4.78 is 12.0. The van der Waals surface area contributed by atoms with E-state index in [9.17, 15) is 0 Å². The van der Waals surface area contributed by atoms with E-state index in [1.54, 1.807) is 23.9 Å². The van der Waals surface area contributed by atoms with Gasteiger partial charge in [0.15, 0.2) is 5.82 Å². The second-order valence-corrected chi connectivity index (χ2v) is 4.83.